The number of rotatable bonds is 3. The van der Waals surface area contributed by atoms with Crippen molar-refractivity contribution in [1.82, 2.24) is 4.98 Å². The molecule has 0 unspecified atom stereocenters. The van der Waals surface area contributed by atoms with Gasteiger partial charge in [-0.1, -0.05) is 19.9 Å². The third-order valence-corrected chi connectivity index (χ3v) is 1.99. The molecule has 82 valence electrons. The molecule has 1 atom stereocenters. The van der Waals surface area contributed by atoms with Gasteiger partial charge in [-0.05, 0) is 18.1 Å². The number of carbonyl (C=O) groups is 1. The summed E-state index contributed by atoms with van der Waals surface area (Å²) in [6, 6.07) is 3.57. The quantitative estimate of drug-likeness (QED) is 0.737. The van der Waals surface area contributed by atoms with Crippen molar-refractivity contribution < 1.29 is 9.18 Å². The van der Waals surface area contributed by atoms with Crippen LogP contribution in [-0.4, -0.2) is 16.9 Å². The van der Waals surface area contributed by atoms with Crippen molar-refractivity contribution in [2.75, 3.05) is 5.32 Å². The van der Waals surface area contributed by atoms with Gasteiger partial charge in [0.25, 0.3) is 0 Å². The van der Waals surface area contributed by atoms with Gasteiger partial charge < -0.3 is 11.1 Å². The van der Waals surface area contributed by atoms with Crippen molar-refractivity contribution in [3.05, 3.63) is 24.1 Å². The Morgan fingerprint density at radius 3 is 2.73 bits per heavy atom. The van der Waals surface area contributed by atoms with Crippen LogP contribution in [0.1, 0.15) is 13.8 Å². The molecule has 1 heterocycles. The summed E-state index contributed by atoms with van der Waals surface area (Å²) in [4.78, 5) is 15.0. The van der Waals surface area contributed by atoms with E-state index in [0.717, 1.165) is 0 Å². The third-order valence-electron chi connectivity index (χ3n) is 1.99. The van der Waals surface area contributed by atoms with E-state index in [0.29, 0.717) is 0 Å². The molecule has 0 saturated heterocycles. The van der Waals surface area contributed by atoms with Crippen LogP contribution in [0.15, 0.2) is 18.2 Å². The molecule has 15 heavy (non-hydrogen) atoms. The minimum Gasteiger partial charge on any atom is -0.320 e. The third kappa shape index (κ3) is 3.28. The van der Waals surface area contributed by atoms with Crippen molar-refractivity contribution in [2.45, 2.75) is 19.9 Å². The van der Waals surface area contributed by atoms with E-state index in [1.165, 1.54) is 18.2 Å². The Kier molecular flexibility index (Phi) is 3.74. The summed E-state index contributed by atoms with van der Waals surface area (Å²) < 4.78 is 12.7. The summed E-state index contributed by atoms with van der Waals surface area (Å²) in [6.07, 6.45) is 0. The zero-order valence-electron chi connectivity index (χ0n) is 8.70. The van der Waals surface area contributed by atoms with Crippen LogP contribution in [0, 0.1) is 11.9 Å². The second kappa shape index (κ2) is 4.84. The predicted octanol–water partition coefficient (Wildman–Crippen LogP) is 1.14. The zero-order valence-corrected chi connectivity index (χ0v) is 8.70. The molecule has 0 bridgehead atoms. The second-order valence-corrected chi connectivity index (χ2v) is 3.60. The number of nitrogens with two attached hydrogens (primary N) is 1. The second-order valence-electron chi connectivity index (χ2n) is 3.60. The van der Waals surface area contributed by atoms with E-state index >= 15 is 0 Å². The SMILES string of the molecule is CC(C)[C@@H](N)C(=O)Nc1cccc(F)n1. The number of pyridine rings is 1. The van der Waals surface area contributed by atoms with Crippen LogP contribution in [0.4, 0.5) is 10.2 Å². The van der Waals surface area contributed by atoms with Crippen molar-refractivity contribution in [3.8, 4) is 0 Å². The lowest BCUT2D eigenvalue weighted by Gasteiger charge is -2.14. The molecule has 0 saturated carbocycles. The Balaban J connectivity index is 2.66. The molecule has 0 fully saturated rings. The lowest BCUT2D eigenvalue weighted by Crippen LogP contribution is -2.39. The maximum Gasteiger partial charge on any atom is 0.242 e. The van der Waals surface area contributed by atoms with Crippen molar-refractivity contribution in [3.63, 3.8) is 0 Å². The molecule has 0 aliphatic carbocycles. The smallest absolute Gasteiger partial charge is 0.242 e. The van der Waals surface area contributed by atoms with E-state index in [2.05, 4.69) is 10.3 Å². The summed E-state index contributed by atoms with van der Waals surface area (Å²) >= 11 is 0. The molecule has 3 N–H and O–H groups in total. The molecule has 1 amide bonds. The summed E-state index contributed by atoms with van der Waals surface area (Å²) in [5.41, 5.74) is 5.61. The monoisotopic (exact) mass is 211 g/mol. The molecular formula is C10H14FN3O. The average Bonchev–Trinajstić information content (AvgIpc) is 2.16. The van der Waals surface area contributed by atoms with Crippen molar-refractivity contribution >= 4 is 11.7 Å². The molecule has 4 nitrogen and oxygen atoms in total. The molecule has 0 aromatic carbocycles. The Morgan fingerprint density at radius 1 is 1.53 bits per heavy atom. The van der Waals surface area contributed by atoms with Crippen LogP contribution >= 0.6 is 0 Å². The Bertz CT molecular complexity index is 354. The summed E-state index contributed by atoms with van der Waals surface area (Å²) in [5, 5.41) is 2.45. The molecule has 1 aromatic heterocycles. The zero-order chi connectivity index (χ0) is 11.4. The molecule has 0 radical (unpaired) electrons. The minimum atomic E-state index is -0.633. The molecule has 0 aliphatic rings. The van der Waals surface area contributed by atoms with Gasteiger partial charge in [0.05, 0.1) is 6.04 Å². The number of carbonyl (C=O) groups excluding carboxylic acids is 1. The van der Waals surface area contributed by atoms with Gasteiger partial charge in [0.1, 0.15) is 5.82 Å². The molecule has 5 heteroatoms. The fourth-order valence-electron chi connectivity index (χ4n) is 0.990. The van der Waals surface area contributed by atoms with Gasteiger partial charge in [-0.3, -0.25) is 4.79 Å². The van der Waals surface area contributed by atoms with Gasteiger partial charge in [-0.2, -0.15) is 4.39 Å². The first-order valence-electron chi connectivity index (χ1n) is 4.69. The number of anilines is 1. The van der Waals surface area contributed by atoms with Gasteiger partial charge in [0.15, 0.2) is 0 Å². The Morgan fingerprint density at radius 2 is 2.20 bits per heavy atom. The van der Waals surface area contributed by atoms with Crippen molar-refractivity contribution in [1.29, 1.82) is 0 Å². The first-order valence-corrected chi connectivity index (χ1v) is 4.69. The number of nitrogens with zero attached hydrogens (tertiary/aromatic N) is 1. The highest BCUT2D eigenvalue weighted by Gasteiger charge is 2.17. The molecule has 1 rings (SSSR count). The van der Waals surface area contributed by atoms with Gasteiger partial charge >= 0.3 is 0 Å². The number of amides is 1. The fourth-order valence-corrected chi connectivity index (χ4v) is 0.990. The van der Waals surface area contributed by atoms with E-state index < -0.39 is 12.0 Å². The Labute approximate surface area is 87.7 Å². The topological polar surface area (TPSA) is 68.0 Å². The van der Waals surface area contributed by atoms with Crippen LogP contribution in [-0.2, 0) is 4.79 Å². The molecular weight excluding hydrogens is 197 g/mol. The number of nitrogens with one attached hydrogen (secondary N) is 1. The summed E-state index contributed by atoms with van der Waals surface area (Å²) in [6.45, 7) is 3.67. The maximum atomic E-state index is 12.7. The van der Waals surface area contributed by atoms with Crippen LogP contribution in [0.25, 0.3) is 0 Å². The van der Waals surface area contributed by atoms with Gasteiger partial charge in [-0.25, -0.2) is 4.98 Å². The van der Waals surface area contributed by atoms with Crippen LogP contribution in [0.2, 0.25) is 0 Å². The first kappa shape index (κ1) is 11.6. The van der Waals surface area contributed by atoms with Gasteiger partial charge in [-0.15, -0.1) is 0 Å². The minimum absolute atomic E-state index is 0.0264. The highest BCUT2D eigenvalue weighted by atomic mass is 19.1. The highest BCUT2D eigenvalue weighted by Crippen LogP contribution is 2.06. The lowest BCUT2D eigenvalue weighted by atomic mass is 10.1. The Hall–Kier alpha value is -1.49. The van der Waals surface area contributed by atoms with Crippen LogP contribution in [0.5, 0.6) is 0 Å². The summed E-state index contributed by atoms with van der Waals surface area (Å²) in [5.74, 6) is -0.788. The number of aromatic nitrogens is 1. The van der Waals surface area contributed by atoms with E-state index in [-0.39, 0.29) is 17.6 Å². The van der Waals surface area contributed by atoms with E-state index in [1.54, 1.807) is 0 Å². The molecule has 0 spiro atoms. The summed E-state index contributed by atoms with van der Waals surface area (Å²) in [7, 11) is 0. The normalized spacial score (nSPS) is 12.6. The van der Waals surface area contributed by atoms with Crippen LogP contribution < -0.4 is 11.1 Å². The van der Waals surface area contributed by atoms with Gasteiger partial charge in [0.2, 0.25) is 11.9 Å². The molecule has 1 aromatic rings. The van der Waals surface area contributed by atoms with Crippen molar-refractivity contribution in [2.24, 2.45) is 11.7 Å². The predicted molar refractivity (Wildman–Crippen MR) is 55.6 cm³/mol. The van der Waals surface area contributed by atoms with E-state index in [4.69, 9.17) is 5.73 Å². The van der Waals surface area contributed by atoms with E-state index in [9.17, 15) is 9.18 Å². The molecule has 0 aliphatic heterocycles. The largest absolute Gasteiger partial charge is 0.320 e. The van der Waals surface area contributed by atoms with Gasteiger partial charge in [0, 0.05) is 0 Å². The average molecular weight is 211 g/mol. The highest BCUT2D eigenvalue weighted by molar-refractivity contribution is 5.93. The lowest BCUT2D eigenvalue weighted by molar-refractivity contribution is -0.118. The fraction of sp³-hybridized carbons (Fsp3) is 0.400. The number of hydrogen-bond acceptors (Lipinski definition) is 3. The maximum absolute atomic E-state index is 12.7. The number of halogens is 1. The first-order chi connectivity index (χ1) is 7.00. The standard InChI is InChI=1S/C10H14FN3O/c1-6(2)9(12)10(15)14-8-5-3-4-7(11)13-8/h3-6,9H,12H2,1-2H3,(H,13,14,15)/t9-/m1/s1. The van der Waals surface area contributed by atoms with Crippen LogP contribution in [0.3, 0.4) is 0 Å². The number of hydrogen-bond donors (Lipinski definition) is 2. The van der Waals surface area contributed by atoms with E-state index in [1.807, 2.05) is 13.8 Å².